The van der Waals surface area contributed by atoms with Crippen LogP contribution in [0.5, 0.6) is 0 Å². The Morgan fingerprint density at radius 3 is 3.15 bits per heavy atom. The highest BCUT2D eigenvalue weighted by molar-refractivity contribution is 7.99. The molecule has 4 nitrogen and oxygen atoms in total. The predicted octanol–water partition coefficient (Wildman–Crippen LogP) is 0.601. The van der Waals surface area contributed by atoms with Gasteiger partial charge in [0, 0.05) is 11.8 Å². The number of rotatable bonds is 3. The molecule has 1 atom stereocenters. The number of amides is 1. The van der Waals surface area contributed by atoms with Gasteiger partial charge in [0.1, 0.15) is 6.61 Å². The van der Waals surface area contributed by atoms with Crippen LogP contribution in [0.1, 0.15) is 12.8 Å². The van der Waals surface area contributed by atoms with Crippen molar-refractivity contribution in [1.29, 1.82) is 0 Å². The molecule has 0 bridgehead atoms. The fourth-order valence-corrected chi connectivity index (χ4v) is 2.27. The standard InChI is InChI=1S/C8H15NO3S/c10-3-4-12-8(11)9-7-2-1-5-13-6-7/h7,10H,1-6H2,(H,9,11). The molecule has 1 aliphatic heterocycles. The maximum atomic E-state index is 11.0. The number of nitrogens with one attached hydrogen (secondary N) is 1. The molecule has 1 heterocycles. The molecule has 0 aliphatic carbocycles. The minimum absolute atomic E-state index is 0.0751. The summed E-state index contributed by atoms with van der Waals surface area (Å²) in [5, 5.41) is 11.2. The summed E-state index contributed by atoms with van der Waals surface area (Å²) in [5.74, 6) is 2.15. The molecule has 0 spiro atoms. The third-order valence-corrected chi connectivity index (χ3v) is 3.02. The van der Waals surface area contributed by atoms with Gasteiger partial charge in [-0.25, -0.2) is 4.79 Å². The summed E-state index contributed by atoms with van der Waals surface area (Å²) in [6.07, 6.45) is 1.76. The van der Waals surface area contributed by atoms with Gasteiger partial charge < -0.3 is 15.2 Å². The molecule has 0 aromatic carbocycles. The van der Waals surface area contributed by atoms with Crippen LogP contribution < -0.4 is 5.32 Å². The first kappa shape index (κ1) is 10.7. The molecule has 0 radical (unpaired) electrons. The molecule has 1 aliphatic rings. The number of alkyl carbamates (subject to hydrolysis) is 1. The normalized spacial score (nSPS) is 22.4. The first-order valence-electron chi connectivity index (χ1n) is 4.45. The second-order valence-corrected chi connectivity index (χ2v) is 4.07. The average Bonchev–Trinajstić information content (AvgIpc) is 2.16. The molecule has 1 saturated heterocycles. The van der Waals surface area contributed by atoms with Crippen LogP contribution in [0.15, 0.2) is 0 Å². The summed E-state index contributed by atoms with van der Waals surface area (Å²) in [7, 11) is 0. The van der Waals surface area contributed by atoms with E-state index in [0.717, 1.165) is 18.6 Å². The van der Waals surface area contributed by atoms with Crippen LogP contribution in [0.25, 0.3) is 0 Å². The van der Waals surface area contributed by atoms with Crippen molar-refractivity contribution in [3.8, 4) is 0 Å². The summed E-state index contributed by atoms with van der Waals surface area (Å²) >= 11 is 1.85. The Labute approximate surface area is 82.0 Å². The third kappa shape index (κ3) is 4.38. The fraction of sp³-hybridized carbons (Fsp3) is 0.875. The molecule has 1 rings (SSSR count). The molecule has 0 aromatic heterocycles. The first-order valence-corrected chi connectivity index (χ1v) is 5.60. The van der Waals surface area contributed by atoms with E-state index < -0.39 is 6.09 Å². The van der Waals surface area contributed by atoms with Crippen LogP contribution >= 0.6 is 11.8 Å². The number of ether oxygens (including phenoxy) is 1. The second kappa shape index (κ2) is 6.10. The van der Waals surface area contributed by atoms with Crippen molar-refractivity contribution in [1.82, 2.24) is 5.32 Å². The highest BCUT2D eigenvalue weighted by Crippen LogP contribution is 2.16. The number of aliphatic hydroxyl groups is 1. The molecule has 0 saturated carbocycles. The zero-order chi connectivity index (χ0) is 9.52. The Hall–Kier alpha value is -0.420. The van der Waals surface area contributed by atoms with E-state index in [1.54, 1.807) is 0 Å². The number of aliphatic hydroxyl groups excluding tert-OH is 1. The van der Waals surface area contributed by atoms with Gasteiger partial charge in [-0.1, -0.05) is 0 Å². The first-order chi connectivity index (χ1) is 6.33. The molecule has 2 N–H and O–H groups in total. The van der Waals surface area contributed by atoms with Crippen LogP contribution in [0.4, 0.5) is 4.79 Å². The molecular weight excluding hydrogens is 190 g/mol. The van der Waals surface area contributed by atoms with E-state index >= 15 is 0 Å². The summed E-state index contributed by atoms with van der Waals surface area (Å²) in [6, 6.07) is 0.241. The van der Waals surface area contributed by atoms with Crippen LogP contribution in [0, 0.1) is 0 Å². The van der Waals surface area contributed by atoms with Crippen LogP contribution in [0.3, 0.4) is 0 Å². The monoisotopic (exact) mass is 205 g/mol. The van der Waals surface area contributed by atoms with E-state index in [1.165, 1.54) is 5.75 Å². The molecule has 0 aromatic rings. The molecular formula is C8H15NO3S. The Bertz CT molecular complexity index is 159. The molecule has 1 unspecified atom stereocenters. The smallest absolute Gasteiger partial charge is 0.407 e. The van der Waals surface area contributed by atoms with Gasteiger partial charge in [0.25, 0.3) is 0 Å². The van der Waals surface area contributed by atoms with Crippen molar-refractivity contribution < 1.29 is 14.6 Å². The van der Waals surface area contributed by atoms with Crippen molar-refractivity contribution >= 4 is 17.9 Å². The minimum Gasteiger partial charge on any atom is -0.447 e. The van der Waals surface area contributed by atoms with Crippen molar-refractivity contribution in [3.63, 3.8) is 0 Å². The van der Waals surface area contributed by atoms with Crippen molar-refractivity contribution in [3.05, 3.63) is 0 Å². The largest absolute Gasteiger partial charge is 0.447 e. The van der Waals surface area contributed by atoms with Crippen LogP contribution in [-0.2, 0) is 4.74 Å². The molecule has 76 valence electrons. The molecule has 13 heavy (non-hydrogen) atoms. The fourth-order valence-electron chi connectivity index (χ4n) is 1.20. The van der Waals surface area contributed by atoms with Crippen molar-refractivity contribution in [2.45, 2.75) is 18.9 Å². The lowest BCUT2D eigenvalue weighted by atomic mass is 10.2. The lowest BCUT2D eigenvalue weighted by Crippen LogP contribution is -2.38. The lowest BCUT2D eigenvalue weighted by molar-refractivity contribution is 0.116. The quantitative estimate of drug-likeness (QED) is 0.708. The Balaban J connectivity index is 2.11. The van der Waals surface area contributed by atoms with E-state index in [4.69, 9.17) is 5.11 Å². The Kier molecular flexibility index (Phi) is 5.00. The van der Waals surface area contributed by atoms with Crippen molar-refractivity contribution in [2.24, 2.45) is 0 Å². The summed E-state index contributed by atoms with van der Waals surface area (Å²) in [5.41, 5.74) is 0. The molecule has 1 fully saturated rings. The number of carbonyl (C=O) groups is 1. The van der Waals surface area contributed by atoms with Gasteiger partial charge in [-0.05, 0) is 18.6 Å². The van der Waals surface area contributed by atoms with Crippen molar-refractivity contribution in [2.75, 3.05) is 24.7 Å². The highest BCUT2D eigenvalue weighted by atomic mass is 32.2. The summed E-state index contributed by atoms with van der Waals surface area (Å²) in [4.78, 5) is 11.0. The van der Waals surface area contributed by atoms with Gasteiger partial charge >= 0.3 is 6.09 Å². The van der Waals surface area contributed by atoms with Gasteiger partial charge in [0.2, 0.25) is 0 Å². The van der Waals surface area contributed by atoms with E-state index in [2.05, 4.69) is 10.1 Å². The SMILES string of the molecule is O=C(NC1CCCSC1)OCCO. The average molecular weight is 205 g/mol. The van der Waals surface area contributed by atoms with E-state index in [9.17, 15) is 4.79 Å². The molecule has 1 amide bonds. The highest BCUT2D eigenvalue weighted by Gasteiger charge is 2.16. The Morgan fingerprint density at radius 1 is 1.69 bits per heavy atom. The predicted molar refractivity (Wildman–Crippen MR) is 51.9 cm³/mol. The maximum absolute atomic E-state index is 11.0. The topological polar surface area (TPSA) is 58.6 Å². The number of thioether (sulfide) groups is 1. The lowest BCUT2D eigenvalue weighted by Gasteiger charge is -2.21. The zero-order valence-corrected chi connectivity index (χ0v) is 8.31. The van der Waals surface area contributed by atoms with E-state index in [0.29, 0.717) is 0 Å². The van der Waals surface area contributed by atoms with Gasteiger partial charge in [-0.2, -0.15) is 11.8 Å². The Morgan fingerprint density at radius 2 is 2.54 bits per heavy atom. The van der Waals surface area contributed by atoms with E-state index in [1.807, 2.05) is 11.8 Å². The van der Waals surface area contributed by atoms with Gasteiger partial charge in [-0.3, -0.25) is 0 Å². The second-order valence-electron chi connectivity index (χ2n) is 2.92. The summed E-state index contributed by atoms with van der Waals surface area (Å²) < 4.78 is 4.68. The van der Waals surface area contributed by atoms with Gasteiger partial charge in [-0.15, -0.1) is 0 Å². The van der Waals surface area contributed by atoms with Gasteiger partial charge in [0.15, 0.2) is 0 Å². The zero-order valence-electron chi connectivity index (χ0n) is 7.49. The van der Waals surface area contributed by atoms with E-state index in [-0.39, 0.29) is 19.3 Å². The molecule has 5 heteroatoms. The number of hydrogen-bond donors (Lipinski definition) is 2. The number of hydrogen-bond acceptors (Lipinski definition) is 4. The summed E-state index contributed by atoms with van der Waals surface area (Å²) in [6.45, 7) is -0.0431. The minimum atomic E-state index is -0.415. The number of carbonyl (C=O) groups excluding carboxylic acids is 1. The van der Waals surface area contributed by atoms with Crippen LogP contribution in [-0.4, -0.2) is 42.0 Å². The maximum Gasteiger partial charge on any atom is 0.407 e. The van der Waals surface area contributed by atoms with Crippen LogP contribution in [0.2, 0.25) is 0 Å². The third-order valence-electron chi connectivity index (χ3n) is 1.81. The van der Waals surface area contributed by atoms with Gasteiger partial charge in [0.05, 0.1) is 6.61 Å².